The van der Waals surface area contributed by atoms with E-state index in [1.807, 2.05) is 19.9 Å². The molecule has 6 heteroatoms. The van der Waals surface area contributed by atoms with Crippen LogP contribution < -0.4 is 10.1 Å². The third-order valence-electron chi connectivity index (χ3n) is 2.92. The van der Waals surface area contributed by atoms with Gasteiger partial charge in [0.15, 0.2) is 6.10 Å². The van der Waals surface area contributed by atoms with E-state index in [9.17, 15) is 13.2 Å². The summed E-state index contributed by atoms with van der Waals surface area (Å²) in [6, 6.07) is 1.84. The highest BCUT2D eigenvalue weighted by atomic mass is 19.4. The summed E-state index contributed by atoms with van der Waals surface area (Å²) in [7, 11) is 0. The summed E-state index contributed by atoms with van der Waals surface area (Å²) < 4.78 is 42.8. The Balaban J connectivity index is 2.97. The Hall–Kier alpha value is -1.30. The number of alkyl halides is 3. The van der Waals surface area contributed by atoms with E-state index in [1.165, 1.54) is 0 Å². The monoisotopic (exact) mass is 290 g/mol. The maximum absolute atomic E-state index is 12.6. The van der Waals surface area contributed by atoms with E-state index in [-0.39, 0.29) is 5.88 Å². The van der Waals surface area contributed by atoms with Crippen LogP contribution in [0.3, 0.4) is 0 Å². The van der Waals surface area contributed by atoms with Crippen molar-refractivity contribution in [2.45, 2.75) is 52.9 Å². The van der Waals surface area contributed by atoms with E-state index in [0.29, 0.717) is 17.8 Å². The van der Waals surface area contributed by atoms with Crippen LogP contribution in [0.25, 0.3) is 0 Å². The molecule has 0 aromatic carbocycles. The van der Waals surface area contributed by atoms with Crippen molar-refractivity contribution < 1.29 is 17.9 Å². The van der Waals surface area contributed by atoms with Crippen LogP contribution in [0.2, 0.25) is 0 Å². The van der Waals surface area contributed by atoms with Gasteiger partial charge in [0, 0.05) is 17.8 Å². The number of halogens is 3. The van der Waals surface area contributed by atoms with Gasteiger partial charge in [-0.25, -0.2) is 4.98 Å². The summed E-state index contributed by atoms with van der Waals surface area (Å²) in [6.07, 6.45) is -5.32. The zero-order valence-electron chi connectivity index (χ0n) is 12.3. The molecule has 3 nitrogen and oxygen atoms in total. The number of nitrogens with zero attached hydrogens (tertiary/aromatic N) is 1. The number of pyridine rings is 1. The molecule has 0 spiro atoms. The Kier molecular flexibility index (Phi) is 5.80. The Morgan fingerprint density at radius 2 is 2.00 bits per heavy atom. The molecule has 1 rings (SSSR count). The predicted octanol–water partition coefficient (Wildman–Crippen LogP) is 3.53. The van der Waals surface area contributed by atoms with Crippen LogP contribution in [-0.4, -0.2) is 23.8 Å². The first-order chi connectivity index (χ1) is 9.25. The highest BCUT2D eigenvalue weighted by Crippen LogP contribution is 2.27. The van der Waals surface area contributed by atoms with Crippen LogP contribution in [0.4, 0.5) is 13.2 Å². The first-order valence-electron chi connectivity index (χ1n) is 6.67. The van der Waals surface area contributed by atoms with Crippen molar-refractivity contribution >= 4 is 0 Å². The largest absolute Gasteiger partial charge is 0.465 e. The second kappa shape index (κ2) is 6.92. The molecule has 1 heterocycles. The molecule has 20 heavy (non-hydrogen) atoms. The van der Waals surface area contributed by atoms with Crippen molar-refractivity contribution in [1.82, 2.24) is 10.3 Å². The SMILES string of the molecule is CCCNCc1c(C)cc(C)nc1OC(C)C(F)(F)F. The van der Waals surface area contributed by atoms with Crippen LogP contribution in [0.15, 0.2) is 6.07 Å². The number of nitrogens with one attached hydrogen (secondary N) is 1. The molecule has 114 valence electrons. The fourth-order valence-corrected chi connectivity index (χ4v) is 1.77. The fourth-order valence-electron chi connectivity index (χ4n) is 1.77. The molecule has 0 bridgehead atoms. The van der Waals surface area contributed by atoms with E-state index >= 15 is 0 Å². The van der Waals surface area contributed by atoms with Crippen molar-refractivity contribution in [3.63, 3.8) is 0 Å². The van der Waals surface area contributed by atoms with Gasteiger partial charge in [-0.05, 0) is 45.4 Å². The molecule has 0 radical (unpaired) electrons. The third kappa shape index (κ3) is 4.67. The van der Waals surface area contributed by atoms with E-state index in [4.69, 9.17) is 4.74 Å². The topological polar surface area (TPSA) is 34.2 Å². The number of hydrogen-bond acceptors (Lipinski definition) is 3. The number of ether oxygens (including phenoxy) is 1. The Morgan fingerprint density at radius 3 is 2.55 bits per heavy atom. The first kappa shape index (κ1) is 16.8. The summed E-state index contributed by atoms with van der Waals surface area (Å²) in [5.74, 6) is 0.0657. The molecule has 1 aromatic rings. The molecular weight excluding hydrogens is 269 g/mol. The molecule has 0 fully saturated rings. The fraction of sp³-hybridized carbons (Fsp3) is 0.643. The maximum Gasteiger partial charge on any atom is 0.425 e. The minimum Gasteiger partial charge on any atom is -0.465 e. The van der Waals surface area contributed by atoms with Crippen molar-refractivity contribution in [3.05, 3.63) is 22.9 Å². The molecular formula is C14H21F3N2O. The summed E-state index contributed by atoms with van der Waals surface area (Å²) in [4.78, 5) is 4.10. The summed E-state index contributed by atoms with van der Waals surface area (Å²) in [5.41, 5.74) is 2.21. The zero-order valence-corrected chi connectivity index (χ0v) is 12.3. The summed E-state index contributed by atoms with van der Waals surface area (Å²) in [5, 5.41) is 3.16. The highest BCUT2D eigenvalue weighted by Gasteiger charge is 2.38. The molecule has 1 atom stereocenters. The van der Waals surface area contributed by atoms with Crippen LogP contribution in [-0.2, 0) is 6.54 Å². The summed E-state index contributed by atoms with van der Waals surface area (Å²) in [6.45, 7) is 7.84. The lowest BCUT2D eigenvalue weighted by molar-refractivity contribution is -0.190. The molecule has 1 N–H and O–H groups in total. The first-order valence-corrected chi connectivity index (χ1v) is 6.67. The normalized spacial score (nSPS) is 13.3. The zero-order chi connectivity index (χ0) is 15.3. The molecule has 0 aliphatic rings. The minimum atomic E-state index is -4.40. The second-order valence-corrected chi connectivity index (χ2v) is 4.84. The highest BCUT2D eigenvalue weighted by molar-refractivity contribution is 5.36. The average molecular weight is 290 g/mol. The molecule has 1 unspecified atom stereocenters. The number of aryl methyl sites for hydroxylation is 2. The number of hydrogen-bond donors (Lipinski definition) is 1. The lowest BCUT2D eigenvalue weighted by atomic mass is 10.1. The van der Waals surface area contributed by atoms with Gasteiger partial charge in [-0.2, -0.15) is 13.2 Å². The van der Waals surface area contributed by atoms with Crippen molar-refractivity contribution in [2.75, 3.05) is 6.54 Å². The van der Waals surface area contributed by atoms with Gasteiger partial charge in [-0.15, -0.1) is 0 Å². The van der Waals surface area contributed by atoms with E-state index in [1.54, 1.807) is 6.92 Å². The molecule has 0 aliphatic carbocycles. The Morgan fingerprint density at radius 1 is 1.35 bits per heavy atom. The molecule has 0 amide bonds. The van der Waals surface area contributed by atoms with Gasteiger partial charge in [-0.3, -0.25) is 0 Å². The van der Waals surface area contributed by atoms with Gasteiger partial charge in [0.05, 0.1) is 0 Å². The second-order valence-electron chi connectivity index (χ2n) is 4.84. The van der Waals surface area contributed by atoms with E-state index in [0.717, 1.165) is 25.5 Å². The smallest absolute Gasteiger partial charge is 0.425 e. The Bertz CT molecular complexity index is 447. The molecule has 0 saturated heterocycles. The van der Waals surface area contributed by atoms with E-state index < -0.39 is 12.3 Å². The minimum absolute atomic E-state index is 0.0657. The van der Waals surface area contributed by atoms with Gasteiger partial charge in [-0.1, -0.05) is 6.92 Å². The van der Waals surface area contributed by atoms with Gasteiger partial charge in [0.25, 0.3) is 0 Å². The quantitative estimate of drug-likeness (QED) is 0.814. The standard InChI is InChI=1S/C14H21F3N2O/c1-5-6-18-8-12-9(2)7-10(3)19-13(12)20-11(4)14(15,16)17/h7,11,18H,5-6,8H2,1-4H3. The summed E-state index contributed by atoms with van der Waals surface area (Å²) >= 11 is 0. The number of rotatable bonds is 6. The van der Waals surface area contributed by atoms with Crippen molar-refractivity contribution in [1.29, 1.82) is 0 Å². The van der Waals surface area contributed by atoms with Crippen molar-refractivity contribution in [3.8, 4) is 5.88 Å². The van der Waals surface area contributed by atoms with Crippen LogP contribution in [0, 0.1) is 13.8 Å². The van der Waals surface area contributed by atoms with Crippen LogP contribution in [0.1, 0.15) is 37.1 Å². The van der Waals surface area contributed by atoms with Gasteiger partial charge < -0.3 is 10.1 Å². The average Bonchev–Trinajstić information content (AvgIpc) is 2.31. The molecule has 0 aliphatic heterocycles. The van der Waals surface area contributed by atoms with Crippen molar-refractivity contribution in [2.24, 2.45) is 0 Å². The molecule has 0 saturated carbocycles. The van der Waals surface area contributed by atoms with Gasteiger partial charge in [0.2, 0.25) is 5.88 Å². The van der Waals surface area contributed by atoms with Gasteiger partial charge >= 0.3 is 6.18 Å². The third-order valence-corrected chi connectivity index (χ3v) is 2.92. The maximum atomic E-state index is 12.6. The molecule has 1 aromatic heterocycles. The Labute approximate surface area is 117 Å². The lowest BCUT2D eigenvalue weighted by Crippen LogP contribution is -2.32. The van der Waals surface area contributed by atoms with Gasteiger partial charge in [0.1, 0.15) is 0 Å². The van der Waals surface area contributed by atoms with E-state index in [2.05, 4.69) is 10.3 Å². The number of aromatic nitrogens is 1. The van der Waals surface area contributed by atoms with Crippen LogP contribution in [0.5, 0.6) is 5.88 Å². The van der Waals surface area contributed by atoms with Crippen LogP contribution >= 0.6 is 0 Å². The predicted molar refractivity (Wildman–Crippen MR) is 71.9 cm³/mol. The lowest BCUT2D eigenvalue weighted by Gasteiger charge is -2.20.